The Kier molecular flexibility index (Phi) is 7.59. The molecular formula is C39H63NO8. The SMILES string of the molecule is C[C@@H]1CC([C@H](O)C(C)(C)O)OC2[C@H]1C1(C)CCC34CC35CCC(O[C@H]3CN(C(=O)C6(C)COC6)CCO3)C(C)(C)[C@@H]5CCC4[C@]1(C)[C@H]2O. The maximum Gasteiger partial charge on any atom is 0.233 e. The van der Waals surface area contributed by atoms with Gasteiger partial charge in [-0.15, -0.1) is 0 Å². The van der Waals surface area contributed by atoms with Crippen molar-refractivity contribution in [3.05, 3.63) is 0 Å². The number of hydrogen-bond donors (Lipinski definition) is 3. The average molecular weight is 674 g/mol. The zero-order valence-corrected chi connectivity index (χ0v) is 30.8. The summed E-state index contributed by atoms with van der Waals surface area (Å²) in [6.45, 7) is 19.8. The molecule has 272 valence electrons. The molecule has 0 aromatic carbocycles. The molecule has 3 N–H and O–H groups in total. The molecule has 7 unspecified atom stereocenters. The highest BCUT2D eigenvalue weighted by atomic mass is 16.7. The summed E-state index contributed by atoms with van der Waals surface area (Å²) >= 11 is 0. The van der Waals surface area contributed by atoms with Crippen molar-refractivity contribution in [2.45, 2.75) is 149 Å². The van der Waals surface area contributed by atoms with E-state index in [0.717, 1.165) is 32.1 Å². The number of morpholine rings is 1. The van der Waals surface area contributed by atoms with Crippen LogP contribution in [0.3, 0.4) is 0 Å². The van der Waals surface area contributed by atoms with Crippen molar-refractivity contribution in [2.24, 2.45) is 56.2 Å². The summed E-state index contributed by atoms with van der Waals surface area (Å²) in [6, 6.07) is 0. The molecular weight excluding hydrogens is 610 g/mol. The lowest BCUT2D eigenvalue weighted by molar-refractivity contribution is -0.250. The molecule has 8 aliphatic rings. The van der Waals surface area contributed by atoms with Gasteiger partial charge in [0.1, 0.15) is 6.10 Å². The van der Waals surface area contributed by atoms with Gasteiger partial charge in [0.2, 0.25) is 5.91 Å². The maximum absolute atomic E-state index is 13.3. The number of hydrogen-bond acceptors (Lipinski definition) is 8. The van der Waals surface area contributed by atoms with Crippen molar-refractivity contribution in [3.63, 3.8) is 0 Å². The number of aliphatic hydroxyl groups is 3. The minimum absolute atomic E-state index is 0.0296. The van der Waals surface area contributed by atoms with Crippen LogP contribution in [0.2, 0.25) is 0 Å². The van der Waals surface area contributed by atoms with Gasteiger partial charge in [0.15, 0.2) is 6.29 Å². The van der Waals surface area contributed by atoms with Gasteiger partial charge in [-0.05, 0) is 117 Å². The highest BCUT2D eigenvalue weighted by molar-refractivity contribution is 5.83. The molecule has 0 aromatic heterocycles. The number of fused-ring (bicyclic) bond motifs is 4. The lowest BCUT2D eigenvalue weighted by Gasteiger charge is -2.64. The number of ether oxygens (including phenoxy) is 4. The van der Waals surface area contributed by atoms with Gasteiger partial charge in [-0.25, -0.2) is 0 Å². The second kappa shape index (κ2) is 10.6. The van der Waals surface area contributed by atoms with E-state index in [9.17, 15) is 20.1 Å². The number of amides is 1. The first-order valence-corrected chi connectivity index (χ1v) is 19.2. The van der Waals surface area contributed by atoms with Gasteiger partial charge in [0.05, 0.1) is 61.8 Å². The summed E-state index contributed by atoms with van der Waals surface area (Å²) < 4.78 is 25.0. The fourth-order valence-electron chi connectivity index (χ4n) is 14.2. The maximum atomic E-state index is 13.3. The summed E-state index contributed by atoms with van der Waals surface area (Å²) in [5, 5.41) is 34.1. The van der Waals surface area contributed by atoms with Crippen LogP contribution in [0.1, 0.15) is 107 Å². The first-order chi connectivity index (χ1) is 22.4. The molecule has 5 aliphatic carbocycles. The molecule has 2 spiro atoms. The van der Waals surface area contributed by atoms with Gasteiger partial charge >= 0.3 is 0 Å². The van der Waals surface area contributed by atoms with Crippen molar-refractivity contribution < 1.29 is 39.1 Å². The van der Waals surface area contributed by atoms with Gasteiger partial charge < -0.3 is 39.2 Å². The first kappa shape index (κ1) is 34.3. The summed E-state index contributed by atoms with van der Waals surface area (Å²) in [7, 11) is 0. The van der Waals surface area contributed by atoms with E-state index in [-0.39, 0.29) is 57.0 Å². The molecule has 0 bridgehead atoms. The number of carbonyl (C=O) groups is 1. The van der Waals surface area contributed by atoms with Gasteiger partial charge in [-0.2, -0.15) is 0 Å². The van der Waals surface area contributed by atoms with Crippen LogP contribution in [0.4, 0.5) is 0 Å². The van der Waals surface area contributed by atoms with Gasteiger partial charge in [-0.3, -0.25) is 4.79 Å². The normalized spacial score (nSPS) is 52.5. The molecule has 8 rings (SSSR count). The standard InChI is InChI=1S/C39H63NO8/c1-22-17-23(30(41)34(4,5)44)47-29-28(22)36(7)13-14-39-19-38(39)12-11-26(33(2,3)24(38)9-10-25(39)37(36,8)31(29)42)48-27-18-40(15-16-46-27)32(43)35(6)20-45-21-35/h22-31,41-42,44H,9-21H2,1-8H3/t22-,23?,24+,25?,26?,27+,28+,29?,30+,31+,36?,37-,38?,39?/m1/s1. The van der Waals surface area contributed by atoms with Crippen molar-refractivity contribution >= 4 is 5.91 Å². The van der Waals surface area contributed by atoms with Crippen LogP contribution in [0.5, 0.6) is 0 Å². The second-order valence-electron chi connectivity index (χ2n) is 19.9. The highest BCUT2D eigenvalue weighted by Crippen LogP contribution is 2.89. The predicted molar refractivity (Wildman–Crippen MR) is 179 cm³/mol. The monoisotopic (exact) mass is 673 g/mol. The van der Waals surface area contributed by atoms with Crippen LogP contribution in [0.25, 0.3) is 0 Å². The molecule has 8 fully saturated rings. The molecule has 0 radical (unpaired) electrons. The Balaban J connectivity index is 1.01. The topological polar surface area (TPSA) is 118 Å². The van der Waals surface area contributed by atoms with Crippen LogP contribution in [0.15, 0.2) is 0 Å². The van der Waals surface area contributed by atoms with Crippen LogP contribution in [0, 0.1) is 56.2 Å². The van der Waals surface area contributed by atoms with Crippen molar-refractivity contribution in [2.75, 3.05) is 32.9 Å². The molecule has 9 heteroatoms. The Bertz CT molecular complexity index is 1310. The second-order valence-corrected chi connectivity index (χ2v) is 19.9. The third-order valence-corrected chi connectivity index (χ3v) is 16.8. The predicted octanol–water partition coefficient (Wildman–Crippen LogP) is 4.54. The largest absolute Gasteiger partial charge is 0.390 e. The van der Waals surface area contributed by atoms with Crippen LogP contribution >= 0.6 is 0 Å². The Morgan fingerprint density at radius 3 is 2.35 bits per heavy atom. The third-order valence-electron chi connectivity index (χ3n) is 16.8. The van der Waals surface area contributed by atoms with E-state index >= 15 is 0 Å². The van der Waals surface area contributed by atoms with E-state index in [1.165, 1.54) is 12.8 Å². The summed E-state index contributed by atoms with van der Waals surface area (Å²) in [5.74, 6) is 1.65. The fourth-order valence-corrected chi connectivity index (χ4v) is 14.2. The lowest BCUT2D eigenvalue weighted by Crippen LogP contribution is -2.61. The molecule has 1 amide bonds. The fraction of sp³-hybridized carbons (Fsp3) is 0.974. The molecule has 3 saturated heterocycles. The van der Waals surface area contributed by atoms with Crippen molar-refractivity contribution in [3.8, 4) is 0 Å². The highest BCUT2D eigenvalue weighted by Gasteiger charge is 2.84. The molecule has 9 nitrogen and oxygen atoms in total. The Labute approximate surface area is 287 Å². The smallest absolute Gasteiger partial charge is 0.233 e. The van der Waals surface area contributed by atoms with E-state index in [4.69, 9.17) is 18.9 Å². The molecule has 5 saturated carbocycles. The van der Waals surface area contributed by atoms with Gasteiger partial charge in [0.25, 0.3) is 0 Å². The molecule has 0 aromatic rings. The van der Waals surface area contributed by atoms with E-state index < -0.39 is 35.6 Å². The minimum Gasteiger partial charge on any atom is -0.390 e. The number of rotatable bonds is 5. The number of carbonyl (C=O) groups excluding carboxylic acids is 1. The average Bonchev–Trinajstić information content (AvgIpc) is 3.65. The van der Waals surface area contributed by atoms with Gasteiger partial charge in [-0.1, -0.05) is 34.6 Å². The van der Waals surface area contributed by atoms with Crippen LogP contribution in [-0.4, -0.2) is 101 Å². The zero-order chi connectivity index (χ0) is 34.4. The van der Waals surface area contributed by atoms with Crippen molar-refractivity contribution in [1.29, 1.82) is 0 Å². The minimum atomic E-state index is -1.26. The first-order valence-electron chi connectivity index (χ1n) is 19.2. The summed E-state index contributed by atoms with van der Waals surface area (Å²) in [5.41, 5.74) is -1.52. The Morgan fingerprint density at radius 1 is 1.00 bits per heavy atom. The Hall–Kier alpha value is -0.810. The summed E-state index contributed by atoms with van der Waals surface area (Å²) in [4.78, 5) is 15.2. The third kappa shape index (κ3) is 4.30. The zero-order valence-electron chi connectivity index (χ0n) is 30.8. The Morgan fingerprint density at radius 2 is 1.69 bits per heavy atom. The quantitative estimate of drug-likeness (QED) is 0.390. The van der Waals surface area contributed by atoms with Crippen LogP contribution < -0.4 is 0 Å². The molecule has 14 atom stereocenters. The van der Waals surface area contributed by atoms with E-state index in [2.05, 4.69) is 34.6 Å². The van der Waals surface area contributed by atoms with E-state index in [1.807, 2.05) is 11.8 Å². The number of aliphatic hydroxyl groups excluding tert-OH is 2. The molecule has 48 heavy (non-hydrogen) atoms. The van der Waals surface area contributed by atoms with E-state index in [1.54, 1.807) is 13.8 Å². The van der Waals surface area contributed by atoms with Crippen LogP contribution in [-0.2, 0) is 23.7 Å². The van der Waals surface area contributed by atoms with E-state index in [0.29, 0.717) is 51.2 Å². The molecule has 3 heterocycles. The summed E-state index contributed by atoms with van der Waals surface area (Å²) in [6.07, 6.45) is 5.93. The lowest BCUT2D eigenvalue weighted by atomic mass is 9.41. The number of nitrogens with zero attached hydrogens (tertiary/aromatic N) is 1. The van der Waals surface area contributed by atoms with Crippen molar-refractivity contribution in [1.82, 2.24) is 4.90 Å². The van der Waals surface area contributed by atoms with Gasteiger partial charge in [0, 0.05) is 12.0 Å². The molecule has 3 aliphatic heterocycles.